The van der Waals surface area contributed by atoms with Crippen molar-refractivity contribution >= 4 is 33.9 Å². The Bertz CT molecular complexity index is 1500. The number of amides is 1. The molecule has 1 amide bonds. The molecule has 2 aliphatic heterocycles. The lowest BCUT2D eigenvalue weighted by Gasteiger charge is -2.35. The van der Waals surface area contributed by atoms with E-state index < -0.39 is 0 Å². The molecule has 1 unspecified atom stereocenters. The summed E-state index contributed by atoms with van der Waals surface area (Å²) in [6, 6.07) is 8.29. The van der Waals surface area contributed by atoms with Crippen molar-refractivity contribution in [3.8, 4) is 5.95 Å². The van der Waals surface area contributed by atoms with Gasteiger partial charge in [-0.15, -0.1) is 0 Å². The van der Waals surface area contributed by atoms with Gasteiger partial charge >= 0.3 is 0 Å². The first-order valence-corrected chi connectivity index (χ1v) is 14.0. The number of hydrogen-bond donors (Lipinski definition) is 1. The molecule has 2 saturated heterocycles. The number of benzene rings is 1. The molecule has 0 saturated carbocycles. The molecule has 2 fully saturated rings. The highest BCUT2D eigenvalue weighted by molar-refractivity contribution is 5.86. The van der Waals surface area contributed by atoms with E-state index in [9.17, 15) is 4.79 Å². The van der Waals surface area contributed by atoms with E-state index in [1.807, 2.05) is 25.2 Å². The largest absolute Gasteiger partial charge is 0.378 e. The molecule has 0 bridgehead atoms. The highest BCUT2D eigenvalue weighted by atomic mass is 16.5. The van der Waals surface area contributed by atoms with Crippen LogP contribution in [0.3, 0.4) is 0 Å². The first kappa shape index (κ1) is 25.7. The average Bonchev–Trinajstić information content (AvgIpc) is 3.48. The molecular weight excluding hydrogens is 494 g/mol. The number of aryl methyl sites for hydroxylation is 2. The Balaban J connectivity index is 1.40. The van der Waals surface area contributed by atoms with Gasteiger partial charge in [-0.3, -0.25) is 14.3 Å². The van der Waals surface area contributed by atoms with Gasteiger partial charge in [-0.25, -0.2) is 9.97 Å². The molecule has 206 valence electrons. The zero-order valence-electron chi connectivity index (χ0n) is 23.2. The molecular formula is C28H37N9O2. The van der Waals surface area contributed by atoms with Gasteiger partial charge in [0.05, 0.1) is 30.8 Å². The Labute approximate surface area is 228 Å². The van der Waals surface area contributed by atoms with Gasteiger partial charge in [0, 0.05) is 52.1 Å². The summed E-state index contributed by atoms with van der Waals surface area (Å²) >= 11 is 0. The van der Waals surface area contributed by atoms with Gasteiger partial charge in [0.15, 0.2) is 17.0 Å². The van der Waals surface area contributed by atoms with Crippen molar-refractivity contribution in [3.63, 3.8) is 0 Å². The number of fused-ring (bicyclic) bond motifs is 2. The van der Waals surface area contributed by atoms with Gasteiger partial charge in [0.1, 0.15) is 11.6 Å². The van der Waals surface area contributed by atoms with Crippen LogP contribution in [0.1, 0.15) is 32.4 Å². The van der Waals surface area contributed by atoms with Crippen LogP contribution >= 0.6 is 0 Å². The number of aromatic nitrogens is 6. The first-order chi connectivity index (χ1) is 18.9. The molecule has 6 rings (SSSR count). The van der Waals surface area contributed by atoms with Crippen LogP contribution in [-0.2, 0) is 29.4 Å². The Hall–Kier alpha value is -3.57. The predicted molar refractivity (Wildman–Crippen MR) is 150 cm³/mol. The van der Waals surface area contributed by atoms with E-state index in [0.29, 0.717) is 31.6 Å². The number of carbonyl (C=O) groups is 1. The average molecular weight is 532 g/mol. The minimum absolute atomic E-state index is 0.0920. The third kappa shape index (κ3) is 4.85. The van der Waals surface area contributed by atoms with Crippen LogP contribution in [0, 0.1) is 5.92 Å². The van der Waals surface area contributed by atoms with Crippen LogP contribution in [0.4, 0.5) is 5.82 Å². The molecule has 0 aliphatic carbocycles. The minimum Gasteiger partial charge on any atom is -0.378 e. The maximum atomic E-state index is 12.3. The smallest absolute Gasteiger partial charge is 0.239 e. The molecule has 1 aromatic carbocycles. The normalized spacial score (nSPS) is 18.9. The van der Waals surface area contributed by atoms with E-state index >= 15 is 0 Å². The van der Waals surface area contributed by atoms with Gasteiger partial charge in [-0.05, 0) is 18.1 Å². The maximum Gasteiger partial charge on any atom is 0.239 e. The summed E-state index contributed by atoms with van der Waals surface area (Å²) in [4.78, 5) is 36.9. The van der Waals surface area contributed by atoms with Crippen LogP contribution in [-0.4, -0.2) is 91.9 Å². The Morgan fingerprint density at radius 2 is 1.87 bits per heavy atom. The van der Waals surface area contributed by atoms with Crippen molar-refractivity contribution in [2.45, 2.75) is 39.7 Å². The SMILES string of the molecule is CCc1nc2ccccc2n1-c1nc(N2CCOCC2)c2nc(CCN3CC(=O)NC(C(C)C)C3)n(C)c2n1. The zero-order chi connectivity index (χ0) is 27.1. The molecule has 1 N–H and O–H groups in total. The summed E-state index contributed by atoms with van der Waals surface area (Å²) in [7, 11) is 2.02. The summed E-state index contributed by atoms with van der Waals surface area (Å²) < 4.78 is 9.79. The van der Waals surface area contributed by atoms with E-state index in [1.54, 1.807) is 0 Å². The monoisotopic (exact) mass is 531 g/mol. The van der Waals surface area contributed by atoms with Crippen LogP contribution < -0.4 is 10.2 Å². The fourth-order valence-electron chi connectivity index (χ4n) is 5.59. The fourth-order valence-corrected chi connectivity index (χ4v) is 5.59. The molecule has 11 heteroatoms. The summed E-state index contributed by atoms with van der Waals surface area (Å²) in [5, 5.41) is 3.12. The lowest BCUT2D eigenvalue weighted by Crippen LogP contribution is -2.56. The number of anilines is 1. The van der Waals surface area contributed by atoms with Crippen molar-refractivity contribution < 1.29 is 9.53 Å². The van der Waals surface area contributed by atoms with Crippen molar-refractivity contribution in [1.29, 1.82) is 0 Å². The number of carbonyl (C=O) groups excluding carboxylic acids is 1. The molecule has 3 aromatic heterocycles. The Morgan fingerprint density at radius 3 is 2.64 bits per heavy atom. The summed E-state index contributed by atoms with van der Waals surface area (Å²) in [5.41, 5.74) is 3.53. The fraction of sp³-hybridized carbons (Fsp3) is 0.536. The van der Waals surface area contributed by atoms with Crippen LogP contribution in [0.5, 0.6) is 0 Å². The molecule has 39 heavy (non-hydrogen) atoms. The number of piperazine rings is 1. The number of morpholine rings is 1. The molecule has 4 aromatic rings. The summed E-state index contributed by atoms with van der Waals surface area (Å²) in [5.74, 6) is 3.78. The van der Waals surface area contributed by atoms with Crippen molar-refractivity contribution in [2.75, 3.05) is 50.8 Å². The van der Waals surface area contributed by atoms with E-state index in [1.165, 1.54) is 0 Å². The number of hydrogen-bond acceptors (Lipinski definition) is 8. The van der Waals surface area contributed by atoms with Crippen molar-refractivity contribution in [2.24, 2.45) is 13.0 Å². The second kappa shape index (κ2) is 10.5. The van der Waals surface area contributed by atoms with E-state index in [2.05, 4.69) is 51.1 Å². The maximum absolute atomic E-state index is 12.3. The van der Waals surface area contributed by atoms with Crippen LogP contribution in [0.2, 0.25) is 0 Å². The Morgan fingerprint density at radius 1 is 1.08 bits per heavy atom. The second-order valence-electron chi connectivity index (χ2n) is 10.8. The van der Waals surface area contributed by atoms with Gasteiger partial charge in [0.25, 0.3) is 0 Å². The Kier molecular flexibility index (Phi) is 6.94. The van der Waals surface area contributed by atoms with Crippen molar-refractivity contribution in [3.05, 3.63) is 35.9 Å². The van der Waals surface area contributed by atoms with Gasteiger partial charge < -0.3 is 19.5 Å². The number of para-hydroxylation sites is 2. The van der Waals surface area contributed by atoms with E-state index in [4.69, 9.17) is 24.7 Å². The lowest BCUT2D eigenvalue weighted by molar-refractivity contribution is -0.126. The van der Waals surface area contributed by atoms with Crippen LogP contribution in [0.15, 0.2) is 24.3 Å². The van der Waals surface area contributed by atoms with Gasteiger partial charge in [-0.1, -0.05) is 32.9 Å². The second-order valence-corrected chi connectivity index (χ2v) is 10.8. The third-order valence-electron chi connectivity index (χ3n) is 7.86. The van der Waals surface area contributed by atoms with Gasteiger partial charge in [-0.2, -0.15) is 9.97 Å². The summed E-state index contributed by atoms with van der Waals surface area (Å²) in [6.07, 6.45) is 1.48. The first-order valence-electron chi connectivity index (χ1n) is 14.0. The predicted octanol–water partition coefficient (Wildman–Crippen LogP) is 2.10. The number of imidazole rings is 2. The number of rotatable bonds is 7. The van der Waals surface area contributed by atoms with Gasteiger partial charge in [0.2, 0.25) is 11.9 Å². The van der Waals surface area contributed by atoms with E-state index in [0.717, 1.165) is 78.7 Å². The summed E-state index contributed by atoms with van der Waals surface area (Å²) in [6.45, 7) is 11.2. The molecule has 2 aliphatic rings. The molecule has 5 heterocycles. The van der Waals surface area contributed by atoms with E-state index in [-0.39, 0.29) is 11.9 Å². The van der Waals surface area contributed by atoms with Crippen LogP contribution in [0.25, 0.3) is 28.1 Å². The number of ether oxygens (including phenoxy) is 1. The number of nitrogens with one attached hydrogen (secondary N) is 1. The molecule has 0 spiro atoms. The highest BCUT2D eigenvalue weighted by Gasteiger charge is 2.28. The molecule has 1 atom stereocenters. The zero-order valence-corrected chi connectivity index (χ0v) is 23.2. The standard InChI is InChI=1S/C28H37N9O2/c1-5-22-29-19-8-6-7-9-21(19)37(22)28-32-26-25(27(33-28)36-12-14-39-15-13-36)31-23(34(26)4)10-11-35-16-20(18(2)3)30-24(38)17-35/h6-9,18,20H,5,10-17H2,1-4H3,(H,30,38). The van der Waals surface area contributed by atoms with Crippen molar-refractivity contribution in [1.82, 2.24) is 39.3 Å². The number of nitrogens with zero attached hydrogens (tertiary/aromatic N) is 8. The topological polar surface area (TPSA) is 106 Å². The quantitative estimate of drug-likeness (QED) is 0.387. The third-order valence-corrected chi connectivity index (χ3v) is 7.86. The molecule has 11 nitrogen and oxygen atoms in total. The lowest BCUT2D eigenvalue weighted by atomic mass is 10.0. The highest BCUT2D eigenvalue weighted by Crippen LogP contribution is 2.28. The minimum atomic E-state index is 0.0920. The molecule has 0 radical (unpaired) electrons.